The molecule has 1 amide bonds. The molecule has 0 aliphatic carbocycles. The number of ether oxygens (including phenoxy) is 1. The van der Waals surface area contributed by atoms with Crippen molar-refractivity contribution < 1.29 is 19.4 Å². The van der Waals surface area contributed by atoms with Gasteiger partial charge in [0.05, 0.1) is 7.11 Å². The predicted molar refractivity (Wildman–Crippen MR) is 69.3 cm³/mol. The second kappa shape index (κ2) is 7.00. The first kappa shape index (κ1) is 14.5. The molecule has 0 bridgehead atoms. The molecule has 0 spiro atoms. The van der Waals surface area contributed by atoms with Crippen molar-refractivity contribution >= 4 is 23.2 Å². The van der Waals surface area contributed by atoms with Crippen LogP contribution in [0.1, 0.15) is 35.9 Å². The molecule has 1 heterocycles. The van der Waals surface area contributed by atoms with Crippen LogP contribution in [-0.4, -0.2) is 30.1 Å². The van der Waals surface area contributed by atoms with Crippen molar-refractivity contribution in [1.29, 1.82) is 0 Å². The van der Waals surface area contributed by atoms with E-state index < -0.39 is 17.9 Å². The van der Waals surface area contributed by atoms with Gasteiger partial charge in [0.25, 0.3) is 5.91 Å². The largest absolute Gasteiger partial charge is 0.495 e. The number of thiophene rings is 1. The number of hydrogen-bond donors (Lipinski definition) is 2. The van der Waals surface area contributed by atoms with Crippen molar-refractivity contribution in [3.05, 3.63) is 16.3 Å². The van der Waals surface area contributed by atoms with Crippen LogP contribution in [0.2, 0.25) is 0 Å². The molecule has 0 saturated heterocycles. The molecule has 0 saturated carbocycles. The Balaban J connectivity index is 2.69. The van der Waals surface area contributed by atoms with Crippen LogP contribution in [0, 0.1) is 0 Å². The lowest BCUT2D eigenvalue weighted by Crippen LogP contribution is -2.40. The summed E-state index contributed by atoms with van der Waals surface area (Å²) in [5.41, 5.74) is 0. The average molecular weight is 271 g/mol. The number of carbonyl (C=O) groups is 2. The van der Waals surface area contributed by atoms with Crippen molar-refractivity contribution in [2.45, 2.75) is 32.2 Å². The topological polar surface area (TPSA) is 75.6 Å². The molecule has 1 atom stereocenters. The molecule has 0 unspecified atom stereocenters. The van der Waals surface area contributed by atoms with E-state index in [9.17, 15) is 9.59 Å². The van der Waals surface area contributed by atoms with Crippen molar-refractivity contribution in [1.82, 2.24) is 5.32 Å². The predicted octanol–water partition coefficient (Wildman–Crippen LogP) is 2.13. The van der Waals surface area contributed by atoms with Gasteiger partial charge in [-0.3, -0.25) is 4.79 Å². The fraction of sp³-hybridized carbons (Fsp3) is 0.500. The number of methoxy groups -OCH3 is 1. The van der Waals surface area contributed by atoms with Crippen LogP contribution in [-0.2, 0) is 4.79 Å². The minimum Gasteiger partial charge on any atom is -0.495 e. The summed E-state index contributed by atoms with van der Waals surface area (Å²) >= 11 is 1.23. The molecule has 0 aliphatic heterocycles. The highest BCUT2D eigenvalue weighted by molar-refractivity contribution is 7.12. The zero-order valence-electron chi connectivity index (χ0n) is 10.4. The highest BCUT2D eigenvalue weighted by Crippen LogP contribution is 2.24. The summed E-state index contributed by atoms with van der Waals surface area (Å²) in [7, 11) is 1.48. The highest BCUT2D eigenvalue weighted by Gasteiger charge is 2.22. The number of hydrogen-bond acceptors (Lipinski definition) is 4. The molecule has 0 radical (unpaired) electrons. The minimum atomic E-state index is -1.01. The standard InChI is InChI=1S/C12H17NO4S/c1-3-4-5-8(12(15)16)13-11(14)10-9(17-2)6-7-18-10/h6-8H,3-5H2,1-2H3,(H,13,14)(H,15,16)/t8-/m0/s1. The summed E-state index contributed by atoms with van der Waals surface area (Å²) in [4.78, 5) is 23.3. The van der Waals surface area contributed by atoms with Crippen LogP contribution in [0.15, 0.2) is 11.4 Å². The van der Waals surface area contributed by atoms with Crippen LogP contribution < -0.4 is 10.1 Å². The molecular weight excluding hydrogens is 254 g/mol. The molecule has 6 heteroatoms. The Morgan fingerprint density at radius 1 is 1.56 bits per heavy atom. The maximum atomic E-state index is 11.9. The lowest BCUT2D eigenvalue weighted by atomic mass is 10.1. The van der Waals surface area contributed by atoms with Gasteiger partial charge in [0.1, 0.15) is 16.7 Å². The van der Waals surface area contributed by atoms with Gasteiger partial charge in [-0.1, -0.05) is 19.8 Å². The van der Waals surface area contributed by atoms with Gasteiger partial charge in [-0.25, -0.2) is 4.79 Å². The zero-order chi connectivity index (χ0) is 13.5. The number of carboxylic acid groups (broad SMARTS) is 1. The number of carbonyl (C=O) groups excluding carboxylic acids is 1. The van der Waals surface area contributed by atoms with E-state index in [1.807, 2.05) is 6.92 Å². The van der Waals surface area contributed by atoms with Gasteiger partial charge in [0.2, 0.25) is 0 Å². The number of nitrogens with one attached hydrogen (secondary N) is 1. The lowest BCUT2D eigenvalue weighted by Gasteiger charge is -2.13. The van der Waals surface area contributed by atoms with Crippen LogP contribution in [0.25, 0.3) is 0 Å². The summed E-state index contributed by atoms with van der Waals surface area (Å²) in [5, 5.41) is 13.3. The van der Waals surface area contributed by atoms with Crippen molar-refractivity contribution in [2.75, 3.05) is 7.11 Å². The fourth-order valence-electron chi connectivity index (χ4n) is 1.51. The smallest absolute Gasteiger partial charge is 0.326 e. The molecule has 0 aliphatic rings. The van der Waals surface area contributed by atoms with E-state index in [0.29, 0.717) is 17.0 Å². The van der Waals surface area contributed by atoms with Crippen molar-refractivity contribution in [3.63, 3.8) is 0 Å². The van der Waals surface area contributed by atoms with Gasteiger partial charge in [-0.05, 0) is 17.9 Å². The van der Waals surface area contributed by atoms with Crippen LogP contribution in [0.4, 0.5) is 0 Å². The number of amides is 1. The third-order valence-corrected chi connectivity index (χ3v) is 3.40. The third kappa shape index (κ3) is 3.73. The Bertz CT molecular complexity index is 416. The van der Waals surface area contributed by atoms with E-state index in [4.69, 9.17) is 9.84 Å². The Kier molecular flexibility index (Phi) is 5.64. The van der Waals surface area contributed by atoms with Crippen LogP contribution in [0.3, 0.4) is 0 Å². The van der Waals surface area contributed by atoms with Gasteiger partial charge >= 0.3 is 5.97 Å². The molecule has 2 N–H and O–H groups in total. The normalized spacial score (nSPS) is 11.9. The molecule has 5 nitrogen and oxygen atoms in total. The third-order valence-electron chi connectivity index (χ3n) is 2.51. The molecule has 1 aromatic rings. The number of rotatable bonds is 7. The molecule has 100 valence electrons. The first-order valence-electron chi connectivity index (χ1n) is 5.75. The monoisotopic (exact) mass is 271 g/mol. The van der Waals surface area contributed by atoms with Gasteiger partial charge in [0, 0.05) is 0 Å². The Labute approximate surface area is 110 Å². The van der Waals surface area contributed by atoms with E-state index in [0.717, 1.165) is 12.8 Å². The number of unbranched alkanes of at least 4 members (excludes halogenated alkanes) is 1. The Hall–Kier alpha value is -1.56. The van der Waals surface area contributed by atoms with E-state index in [1.165, 1.54) is 18.4 Å². The molecule has 18 heavy (non-hydrogen) atoms. The van der Waals surface area contributed by atoms with E-state index >= 15 is 0 Å². The van der Waals surface area contributed by atoms with Crippen molar-refractivity contribution in [2.24, 2.45) is 0 Å². The summed E-state index contributed by atoms with van der Waals surface area (Å²) in [6, 6.07) is 0.839. The van der Waals surface area contributed by atoms with Crippen molar-refractivity contribution in [3.8, 4) is 5.75 Å². The first-order chi connectivity index (χ1) is 8.60. The van der Waals surface area contributed by atoms with Gasteiger partial charge in [-0.2, -0.15) is 0 Å². The second-order valence-electron chi connectivity index (χ2n) is 3.82. The molecule has 1 rings (SSSR count). The number of carboxylic acids is 1. The molecule has 0 fully saturated rings. The van der Waals surface area contributed by atoms with Crippen LogP contribution >= 0.6 is 11.3 Å². The fourth-order valence-corrected chi connectivity index (χ4v) is 2.27. The maximum absolute atomic E-state index is 11.9. The Morgan fingerprint density at radius 3 is 2.83 bits per heavy atom. The molecular formula is C12H17NO4S. The second-order valence-corrected chi connectivity index (χ2v) is 4.74. The van der Waals surface area contributed by atoms with Crippen LogP contribution in [0.5, 0.6) is 5.75 Å². The Morgan fingerprint density at radius 2 is 2.28 bits per heavy atom. The summed E-state index contributed by atoms with van der Waals surface area (Å²) in [6.07, 6.45) is 2.09. The quantitative estimate of drug-likeness (QED) is 0.796. The minimum absolute atomic E-state index is 0.398. The summed E-state index contributed by atoms with van der Waals surface area (Å²) < 4.78 is 5.03. The van der Waals surface area contributed by atoms with E-state index in [2.05, 4.69) is 5.32 Å². The average Bonchev–Trinajstić information content (AvgIpc) is 2.82. The highest BCUT2D eigenvalue weighted by atomic mass is 32.1. The number of aliphatic carboxylic acids is 1. The van der Waals surface area contributed by atoms with Gasteiger partial charge in [-0.15, -0.1) is 11.3 Å². The maximum Gasteiger partial charge on any atom is 0.326 e. The lowest BCUT2D eigenvalue weighted by molar-refractivity contribution is -0.139. The van der Waals surface area contributed by atoms with Gasteiger partial charge < -0.3 is 15.2 Å². The van der Waals surface area contributed by atoms with Gasteiger partial charge in [0.15, 0.2) is 0 Å². The zero-order valence-corrected chi connectivity index (χ0v) is 11.3. The first-order valence-corrected chi connectivity index (χ1v) is 6.63. The SMILES string of the molecule is CCCC[C@H](NC(=O)c1sccc1OC)C(=O)O. The van der Waals surface area contributed by atoms with E-state index in [-0.39, 0.29) is 0 Å². The molecule has 1 aromatic heterocycles. The van der Waals surface area contributed by atoms with E-state index in [1.54, 1.807) is 11.4 Å². The summed E-state index contributed by atoms with van der Waals surface area (Å²) in [6.45, 7) is 1.98. The molecule has 0 aromatic carbocycles. The summed E-state index contributed by atoms with van der Waals surface area (Å²) in [5.74, 6) is -0.935.